The molecule has 1 aliphatic rings. The lowest BCUT2D eigenvalue weighted by atomic mass is 10.2. The Morgan fingerprint density at radius 1 is 1.47 bits per heavy atom. The molecule has 0 aliphatic carbocycles. The molecule has 1 fully saturated rings. The van der Waals surface area contributed by atoms with E-state index in [0.29, 0.717) is 0 Å². The van der Waals surface area contributed by atoms with E-state index < -0.39 is 5.97 Å². The molecule has 6 heteroatoms. The largest absolute Gasteiger partial charge is 0.476 e. The minimum atomic E-state index is -1.04. The number of halogens is 1. The Hall–Kier alpha value is -1.20. The van der Waals surface area contributed by atoms with Crippen molar-refractivity contribution in [2.24, 2.45) is 0 Å². The van der Waals surface area contributed by atoms with E-state index >= 15 is 0 Å². The Kier molecular flexibility index (Phi) is 3.99. The molecule has 82 valence electrons. The third kappa shape index (κ3) is 2.64. The predicted octanol–water partition coefficient (Wildman–Crippen LogP) is 1.02. The van der Waals surface area contributed by atoms with Crippen LogP contribution in [0.4, 0.5) is 0 Å². The summed E-state index contributed by atoms with van der Waals surface area (Å²) in [6.45, 7) is 0.993. The number of rotatable bonds is 2. The van der Waals surface area contributed by atoms with Crippen LogP contribution in [0.25, 0.3) is 0 Å². The fraction of sp³-hybridized carbons (Fsp3) is 0.444. The third-order valence-corrected chi connectivity index (χ3v) is 2.31. The predicted molar refractivity (Wildman–Crippen MR) is 56.2 cm³/mol. The number of hydrogen-bond donors (Lipinski definition) is 2. The molecule has 1 unspecified atom stereocenters. The van der Waals surface area contributed by atoms with Crippen molar-refractivity contribution in [2.75, 3.05) is 6.54 Å². The zero-order chi connectivity index (χ0) is 9.97. The average molecular weight is 230 g/mol. The Morgan fingerprint density at radius 2 is 2.27 bits per heavy atom. The van der Waals surface area contributed by atoms with E-state index in [0.717, 1.165) is 25.1 Å². The van der Waals surface area contributed by atoms with E-state index in [1.807, 2.05) is 0 Å². The van der Waals surface area contributed by atoms with Crippen LogP contribution in [0.3, 0.4) is 0 Å². The molecule has 1 saturated heterocycles. The lowest BCUT2D eigenvalue weighted by Crippen LogP contribution is -2.15. The summed E-state index contributed by atoms with van der Waals surface area (Å²) in [4.78, 5) is 18.4. The van der Waals surface area contributed by atoms with Gasteiger partial charge in [-0.2, -0.15) is 0 Å². The Bertz CT molecular complexity index is 336. The molecule has 0 radical (unpaired) electrons. The molecule has 1 aromatic heterocycles. The van der Waals surface area contributed by atoms with E-state index in [2.05, 4.69) is 15.3 Å². The van der Waals surface area contributed by atoms with E-state index in [4.69, 9.17) is 5.11 Å². The van der Waals surface area contributed by atoms with Crippen molar-refractivity contribution in [3.8, 4) is 0 Å². The highest BCUT2D eigenvalue weighted by Crippen LogP contribution is 2.19. The summed E-state index contributed by atoms with van der Waals surface area (Å²) < 4.78 is 0. The molecular weight excluding hydrogens is 218 g/mol. The number of carboxylic acid groups (broad SMARTS) is 1. The number of hydrogen-bond acceptors (Lipinski definition) is 4. The molecule has 1 atom stereocenters. The zero-order valence-corrected chi connectivity index (χ0v) is 8.83. The van der Waals surface area contributed by atoms with Crippen molar-refractivity contribution < 1.29 is 9.90 Å². The number of nitrogens with zero attached hydrogens (tertiary/aromatic N) is 2. The fourth-order valence-electron chi connectivity index (χ4n) is 1.57. The second-order valence-corrected chi connectivity index (χ2v) is 3.28. The van der Waals surface area contributed by atoms with Crippen molar-refractivity contribution in [3.05, 3.63) is 23.8 Å². The molecule has 0 bridgehead atoms. The second kappa shape index (κ2) is 5.04. The highest BCUT2D eigenvalue weighted by Gasteiger charge is 2.18. The number of aromatic carboxylic acids is 1. The van der Waals surface area contributed by atoms with Gasteiger partial charge in [0.2, 0.25) is 0 Å². The summed E-state index contributed by atoms with van der Waals surface area (Å²) in [6.07, 6.45) is 5.01. The number of carboxylic acids is 1. The highest BCUT2D eigenvalue weighted by atomic mass is 35.5. The van der Waals surface area contributed by atoms with Crippen LogP contribution < -0.4 is 5.32 Å². The van der Waals surface area contributed by atoms with Crippen LogP contribution in [0, 0.1) is 0 Å². The van der Waals surface area contributed by atoms with Gasteiger partial charge in [0.15, 0.2) is 5.69 Å². The van der Waals surface area contributed by atoms with Crippen molar-refractivity contribution in [1.82, 2.24) is 15.3 Å². The van der Waals surface area contributed by atoms with Crippen LogP contribution in [0.1, 0.15) is 35.1 Å². The first kappa shape index (κ1) is 11.9. The van der Waals surface area contributed by atoms with E-state index in [-0.39, 0.29) is 24.1 Å². The van der Waals surface area contributed by atoms with E-state index in [9.17, 15) is 4.79 Å². The minimum Gasteiger partial charge on any atom is -0.476 e. The van der Waals surface area contributed by atoms with Gasteiger partial charge in [-0.15, -0.1) is 12.4 Å². The van der Waals surface area contributed by atoms with E-state index in [1.54, 1.807) is 0 Å². The summed E-state index contributed by atoms with van der Waals surface area (Å²) >= 11 is 0. The molecular formula is C9H12ClN3O2. The summed E-state index contributed by atoms with van der Waals surface area (Å²) in [5.74, 6) is -1.04. The lowest BCUT2D eigenvalue weighted by molar-refractivity contribution is 0.0690. The van der Waals surface area contributed by atoms with Gasteiger partial charge < -0.3 is 10.4 Å². The molecule has 2 N–H and O–H groups in total. The number of nitrogens with one attached hydrogen (secondary N) is 1. The van der Waals surface area contributed by atoms with Gasteiger partial charge in [0.05, 0.1) is 24.1 Å². The van der Waals surface area contributed by atoms with Crippen molar-refractivity contribution in [3.63, 3.8) is 0 Å². The normalized spacial score (nSPS) is 19.6. The van der Waals surface area contributed by atoms with Gasteiger partial charge >= 0.3 is 5.97 Å². The fourth-order valence-corrected chi connectivity index (χ4v) is 1.57. The molecule has 0 saturated carbocycles. The molecule has 1 aromatic rings. The standard InChI is InChI=1S/C9H11N3O2.ClH/c13-9(14)8-5-11-7(4-12-8)6-2-1-3-10-6;/h4-6,10H,1-3H2,(H,13,14);1H. The third-order valence-electron chi connectivity index (χ3n) is 2.31. The maximum absolute atomic E-state index is 10.5. The first-order chi connectivity index (χ1) is 6.77. The Morgan fingerprint density at radius 3 is 2.73 bits per heavy atom. The quantitative estimate of drug-likeness (QED) is 0.792. The van der Waals surface area contributed by atoms with Gasteiger partial charge in [-0.3, -0.25) is 4.98 Å². The van der Waals surface area contributed by atoms with Gasteiger partial charge in [-0.25, -0.2) is 9.78 Å². The summed E-state index contributed by atoms with van der Waals surface area (Å²) in [6, 6.07) is 0.241. The van der Waals surface area contributed by atoms with Gasteiger partial charge in [-0.05, 0) is 19.4 Å². The smallest absolute Gasteiger partial charge is 0.356 e. The van der Waals surface area contributed by atoms with Crippen molar-refractivity contribution in [1.29, 1.82) is 0 Å². The molecule has 15 heavy (non-hydrogen) atoms. The van der Waals surface area contributed by atoms with Gasteiger partial charge in [0.25, 0.3) is 0 Å². The monoisotopic (exact) mass is 229 g/mol. The van der Waals surface area contributed by atoms with Crippen LogP contribution in [0.15, 0.2) is 12.4 Å². The topological polar surface area (TPSA) is 75.1 Å². The van der Waals surface area contributed by atoms with Crippen LogP contribution in [-0.4, -0.2) is 27.6 Å². The van der Waals surface area contributed by atoms with Crippen molar-refractivity contribution >= 4 is 18.4 Å². The van der Waals surface area contributed by atoms with Crippen molar-refractivity contribution in [2.45, 2.75) is 18.9 Å². The highest BCUT2D eigenvalue weighted by molar-refractivity contribution is 5.85. The van der Waals surface area contributed by atoms with Gasteiger partial charge in [0, 0.05) is 0 Å². The first-order valence-corrected chi connectivity index (χ1v) is 4.56. The summed E-state index contributed by atoms with van der Waals surface area (Å²) in [5, 5.41) is 11.9. The van der Waals surface area contributed by atoms with E-state index in [1.165, 1.54) is 12.4 Å². The lowest BCUT2D eigenvalue weighted by Gasteiger charge is -2.07. The minimum absolute atomic E-state index is 0. The van der Waals surface area contributed by atoms with Crippen LogP contribution in [0.5, 0.6) is 0 Å². The molecule has 2 rings (SSSR count). The Labute approximate surface area is 93.3 Å². The number of aromatic nitrogens is 2. The first-order valence-electron chi connectivity index (χ1n) is 4.56. The summed E-state index contributed by atoms with van der Waals surface area (Å²) in [5.41, 5.74) is 0.819. The maximum atomic E-state index is 10.5. The molecule has 0 aromatic carbocycles. The van der Waals surface area contributed by atoms with Gasteiger partial charge in [0.1, 0.15) is 0 Å². The summed E-state index contributed by atoms with van der Waals surface area (Å²) in [7, 11) is 0. The Balaban J connectivity index is 0.00000112. The molecule has 1 aliphatic heterocycles. The number of carbonyl (C=O) groups is 1. The second-order valence-electron chi connectivity index (χ2n) is 3.28. The molecule has 0 spiro atoms. The average Bonchev–Trinajstić information content (AvgIpc) is 2.71. The molecule has 5 nitrogen and oxygen atoms in total. The zero-order valence-electron chi connectivity index (χ0n) is 8.01. The molecule has 2 heterocycles. The SMILES string of the molecule is Cl.O=C(O)c1cnc(C2CCCN2)cn1. The van der Waals surface area contributed by atoms with Crippen LogP contribution in [-0.2, 0) is 0 Å². The molecule has 0 amide bonds. The van der Waals surface area contributed by atoms with Crippen LogP contribution >= 0.6 is 12.4 Å². The van der Waals surface area contributed by atoms with Crippen LogP contribution in [0.2, 0.25) is 0 Å². The maximum Gasteiger partial charge on any atom is 0.356 e. The van der Waals surface area contributed by atoms with Gasteiger partial charge in [-0.1, -0.05) is 0 Å².